The van der Waals surface area contributed by atoms with Gasteiger partial charge in [-0.15, -0.1) is 0 Å². The smallest absolute Gasteiger partial charge is 0.0824 e. The summed E-state index contributed by atoms with van der Waals surface area (Å²) in [5.74, 6) is 0. The molecule has 26 heavy (non-hydrogen) atoms. The van der Waals surface area contributed by atoms with Gasteiger partial charge in [0.1, 0.15) is 0 Å². The van der Waals surface area contributed by atoms with Gasteiger partial charge in [-0.3, -0.25) is 0 Å². The van der Waals surface area contributed by atoms with Crippen LogP contribution in [0.5, 0.6) is 0 Å². The molecule has 0 bridgehead atoms. The molecule has 0 N–H and O–H groups in total. The van der Waals surface area contributed by atoms with E-state index in [0.717, 1.165) is 6.61 Å². The van der Waals surface area contributed by atoms with Crippen molar-refractivity contribution in [1.29, 1.82) is 0 Å². The van der Waals surface area contributed by atoms with Crippen molar-refractivity contribution < 1.29 is 4.74 Å². The van der Waals surface area contributed by atoms with E-state index < -0.39 is 8.07 Å². The van der Waals surface area contributed by atoms with E-state index in [4.69, 9.17) is 4.74 Å². The lowest BCUT2D eigenvalue weighted by molar-refractivity contribution is -0.0324. The van der Waals surface area contributed by atoms with Crippen molar-refractivity contribution in [2.24, 2.45) is 0 Å². The molecule has 0 aliphatic carbocycles. The molecule has 1 fully saturated rings. The van der Waals surface area contributed by atoms with Gasteiger partial charge in [0.25, 0.3) is 0 Å². The molecule has 1 atom stereocenters. The predicted octanol–water partition coefficient (Wildman–Crippen LogP) is 8.67. The van der Waals surface area contributed by atoms with Crippen LogP contribution in [0.2, 0.25) is 19.6 Å². The van der Waals surface area contributed by atoms with E-state index in [1.807, 2.05) is 0 Å². The molecule has 0 amide bonds. The third kappa shape index (κ3) is 9.92. The Morgan fingerprint density at radius 1 is 0.654 bits per heavy atom. The molecule has 0 aromatic rings. The Hall–Kier alpha value is 0.177. The largest absolute Gasteiger partial charge is 0.378 e. The highest BCUT2D eigenvalue weighted by Crippen LogP contribution is 2.38. The van der Waals surface area contributed by atoms with E-state index in [0.29, 0.717) is 5.22 Å². The Balaban J connectivity index is 1.94. The number of ether oxygens (including phenoxy) is 1. The Kier molecular flexibility index (Phi) is 13.2. The van der Waals surface area contributed by atoms with Gasteiger partial charge in [-0.25, -0.2) is 0 Å². The third-order valence-corrected chi connectivity index (χ3v) is 10.0. The predicted molar refractivity (Wildman–Crippen MR) is 121 cm³/mol. The molecule has 2 heteroatoms. The van der Waals surface area contributed by atoms with Crippen LogP contribution in [-0.2, 0) is 4.74 Å². The molecule has 0 radical (unpaired) electrons. The van der Waals surface area contributed by atoms with Gasteiger partial charge >= 0.3 is 0 Å². The van der Waals surface area contributed by atoms with Gasteiger partial charge in [0.15, 0.2) is 0 Å². The van der Waals surface area contributed by atoms with Gasteiger partial charge < -0.3 is 4.74 Å². The van der Waals surface area contributed by atoms with Gasteiger partial charge in [-0.2, -0.15) is 0 Å². The van der Waals surface area contributed by atoms with Gasteiger partial charge in [0, 0.05) is 6.61 Å². The number of hydrogen-bond acceptors (Lipinski definition) is 1. The Labute approximate surface area is 167 Å². The lowest BCUT2D eigenvalue weighted by Crippen LogP contribution is -2.55. The van der Waals surface area contributed by atoms with Crippen LogP contribution in [-0.4, -0.2) is 19.9 Å². The lowest BCUT2D eigenvalue weighted by atomic mass is 10.0. The van der Waals surface area contributed by atoms with E-state index in [1.165, 1.54) is 116 Å². The van der Waals surface area contributed by atoms with E-state index in [-0.39, 0.29) is 0 Å². The van der Waals surface area contributed by atoms with E-state index in [2.05, 4.69) is 26.6 Å². The fraction of sp³-hybridized carbons (Fsp3) is 1.00. The van der Waals surface area contributed by atoms with Crippen molar-refractivity contribution in [3.63, 3.8) is 0 Å². The van der Waals surface area contributed by atoms with Crippen molar-refractivity contribution in [1.82, 2.24) is 0 Å². The maximum atomic E-state index is 6.41. The second-order valence-corrected chi connectivity index (χ2v) is 15.3. The second kappa shape index (κ2) is 14.2. The maximum Gasteiger partial charge on any atom is 0.0824 e. The summed E-state index contributed by atoms with van der Waals surface area (Å²) in [5, 5.41) is 0.294. The first-order chi connectivity index (χ1) is 12.5. The maximum absolute atomic E-state index is 6.41. The van der Waals surface area contributed by atoms with Gasteiger partial charge in [0.05, 0.1) is 13.3 Å². The minimum absolute atomic E-state index is 0.294. The Morgan fingerprint density at radius 3 is 1.50 bits per heavy atom. The topological polar surface area (TPSA) is 9.23 Å². The molecule has 0 aromatic heterocycles. The van der Waals surface area contributed by atoms with Crippen molar-refractivity contribution in [2.45, 2.75) is 147 Å². The Bertz CT molecular complexity index is 315. The summed E-state index contributed by atoms with van der Waals surface area (Å²) in [6, 6.07) is 0. The Morgan fingerprint density at radius 2 is 1.12 bits per heavy atom. The second-order valence-electron chi connectivity index (χ2n) is 9.90. The summed E-state index contributed by atoms with van der Waals surface area (Å²) in [4.78, 5) is 0. The van der Waals surface area contributed by atoms with Gasteiger partial charge in [-0.05, 0) is 25.7 Å². The van der Waals surface area contributed by atoms with Crippen molar-refractivity contribution >= 4 is 8.07 Å². The summed E-state index contributed by atoms with van der Waals surface area (Å²) in [6.45, 7) is 10.9. The quantitative estimate of drug-likeness (QED) is 0.191. The van der Waals surface area contributed by atoms with E-state index in [9.17, 15) is 0 Å². The summed E-state index contributed by atoms with van der Waals surface area (Å²) in [7, 11) is -1.23. The molecule has 1 rings (SSSR count). The molecular weight excluding hydrogens is 332 g/mol. The molecule has 1 nitrogen and oxygen atoms in total. The first-order valence-electron chi connectivity index (χ1n) is 12.2. The van der Waals surface area contributed by atoms with Crippen LogP contribution >= 0.6 is 0 Å². The average Bonchev–Trinajstić information content (AvgIpc) is 2.62. The zero-order valence-electron chi connectivity index (χ0n) is 18.8. The molecule has 0 spiro atoms. The first-order valence-corrected chi connectivity index (χ1v) is 15.7. The van der Waals surface area contributed by atoms with E-state index in [1.54, 1.807) is 0 Å². The van der Waals surface area contributed by atoms with Crippen molar-refractivity contribution in [3.8, 4) is 0 Å². The average molecular weight is 383 g/mol. The van der Waals surface area contributed by atoms with Gasteiger partial charge in [-0.1, -0.05) is 116 Å². The first kappa shape index (κ1) is 24.2. The highest BCUT2D eigenvalue weighted by Gasteiger charge is 2.44. The molecule has 0 aromatic carbocycles. The molecule has 0 saturated carbocycles. The number of rotatable bonds is 16. The minimum atomic E-state index is -1.23. The highest BCUT2D eigenvalue weighted by molar-refractivity contribution is 6.79. The molecule has 1 aliphatic rings. The lowest BCUT2D eigenvalue weighted by Gasteiger charge is -2.46. The van der Waals surface area contributed by atoms with E-state index >= 15 is 0 Å². The normalized spacial score (nSPS) is 21.2. The molecular formula is C24H50OSi. The van der Waals surface area contributed by atoms with Crippen molar-refractivity contribution in [2.75, 3.05) is 6.61 Å². The fourth-order valence-electron chi connectivity index (χ4n) is 4.62. The number of hydrogen-bond donors (Lipinski definition) is 0. The van der Waals surface area contributed by atoms with Crippen LogP contribution < -0.4 is 0 Å². The zero-order chi connectivity index (χ0) is 19.1. The summed E-state index contributed by atoms with van der Waals surface area (Å²) in [6.07, 6.45) is 25.6. The summed E-state index contributed by atoms with van der Waals surface area (Å²) < 4.78 is 6.41. The monoisotopic (exact) mass is 382 g/mol. The minimum Gasteiger partial charge on any atom is -0.378 e. The fourth-order valence-corrected chi connectivity index (χ4v) is 7.01. The van der Waals surface area contributed by atoms with Gasteiger partial charge in [0.2, 0.25) is 0 Å². The molecule has 1 unspecified atom stereocenters. The van der Waals surface area contributed by atoms with Crippen LogP contribution in [0.25, 0.3) is 0 Å². The summed E-state index contributed by atoms with van der Waals surface area (Å²) >= 11 is 0. The molecule has 156 valence electrons. The summed E-state index contributed by atoms with van der Waals surface area (Å²) in [5.41, 5.74) is 0. The van der Waals surface area contributed by atoms with Crippen LogP contribution in [0, 0.1) is 0 Å². The highest BCUT2D eigenvalue weighted by atomic mass is 28.3. The van der Waals surface area contributed by atoms with Crippen LogP contribution in [0.1, 0.15) is 122 Å². The third-order valence-electron chi connectivity index (χ3n) is 6.65. The zero-order valence-corrected chi connectivity index (χ0v) is 19.8. The number of unbranched alkanes of at least 4 members (excludes halogenated alkanes) is 13. The van der Waals surface area contributed by atoms with Crippen LogP contribution in [0.3, 0.4) is 0 Å². The van der Waals surface area contributed by atoms with Crippen molar-refractivity contribution in [3.05, 3.63) is 0 Å². The molecule has 1 saturated heterocycles. The standard InChI is InChI=1S/C24H50OSi/c1-5-6-7-8-9-10-11-12-13-14-15-16-17-18-21-24(26(2,3)4)22-19-20-23-25-24/h5-23H2,1-4H3. The van der Waals surface area contributed by atoms with Crippen LogP contribution in [0.4, 0.5) is 0 Å². The SMILES string of the molecule is CCCCCCCCCCCCCCCCC1([Si](C)(C)C)CCCCO1. The molecule has 1 heterocycles. The molecule has 1 aliphatic heterocycles. The van der Waals surface area contributed by atoms with Crippen LogP contribution in [0.15, 0.2) is 0 Å².